The van der Waals surface area contributed by atoms with Gasteiger partial charge in [0.05, 0.1) is 32.0 Å². The Kier molecular flexibility index (Phi) is 9.89. The van der Waals surface area contributed by atoms with Gasteiger partial charge in [0, 0.05) is 30.9 Å². The summed E-state index contributed by atoms with van der Waals surface area (Å²) in [6.45, 7) is 11.1. The Labute approximate surface area is 190 Å². The van der Waals surface area contributed by atoms with E-state index in [1.165, 1.54) is 5.56 Å². The number of nitrogens with one attached hydrogen (secondary N) is 1. The van der Waals surface area contributed by atoms with Gasteiger partial charge in [-0.3, -0.25) is 9.58 Å². The van der Waals surface area contributed by atoms with Crippen molar-refractivity contribution in [2.75, 3.05) is 39.4 Å². The van der Waals surface area contributed by atoms with Gasteiger partial charge in [0.2, 0.25) is 0 Å². The molecule has 1 saturated heterocycles. The fraction of sp³-hybridized carbons (Fsp3) is 0.524. The van der Waals surface area contributed by atoms with E-state index in [1.54, 1.807) is 0 Å². The van der Waals surface area contributed by atoms with Crippen LogP contribution in [0.3, 0.4) is 0 Å². The molecule has 29 heavy (non-hydrogen) atoms. The number of nitrogens with zero attached hydrogens (tertiary/aromatic N) is 4. The minimum absolute atomic E-state index is 0. The van der Waals surface area contributed by atoms with E-state index in [0.717, 1.165) is 69.3 Å². The Morgan fingerprint density at radius 2 is 1.93 bits per heavy atom. The van der Waals surface area contributed by atoms with E-state index in [4.69, 9.17) is 10.5 Å². The molecule has 0 spiro atoms. The average Bonchev–Trinajstić information content (AvgIpc) is 2.98. The van der Waals surface area contributed by atoms with E-state index in [9.17, 15) is 0 Å². The first kappa shape index (κ1) is 23.6. The van der Waals surface area contributed by atoms with Gasteiger partial charge >= 0.3 is 0 Å². The summed E-state index contributed by atoms with van der Waals surface area (Å²) in [5.74, 6) is 0.497. The lowest BCUT2D eigenvalue weighted by Gasteiger charge is -2.26. The number of hydrogen-bond acceptors (Lipinski definition) is 4. The molecule has 7 nitrogen and oxygen atoms in total. The fourth-order valence-corrected chi connectivity index (χ4v) is 3.44. The second-order valence-corrected chi connectivity index (χ2v) is 7.23. The molecule has 3 rings (SSSR count). The first-order valence-corrected chi connectivity index (χ1v) is 10.0. The van der Waals surface area contributed by atoms with Crippen LogP contribution in [0.25, 0.3) is 0 Å². The number of hydrogen-bond donors (Lipinski definition) is 2. The molecule has 1 aromatic heterocycles. The van der Waals surface area contributed by atoms with Crippen LogP contribution in [0.4, 0.5) is 0 Å². The van der Waals surface area contributed by atoms with Gasteiger partial charge in [-0.05, 0) is 32.4 Å². The smallest absolute Gasteiger partial charge is 0.188 e. The molecule has 160 valence electrons. The Morgan fingerprint density at radius 3 is 2.66 bits per heavy atom. The van der Waals surface area contributed by atoms with E-state index >= 15 is 0 Å². The number of aliphatic imine (C=N–C) groups is 1. The molecule has 0 bridgehead atoms. The van der Waals surface area contributed by atoms with Crippen molar-refractivity contribution < 1.29 is 4.74 Å². The number of morpholine rings is 1. The van der Waals surface area contributed by atoms with Gasteiger partial charge < -0.3 is 15.8 Å². The van der Waals surface area contributed by atoms with Gasteiger partial charge in [-0.1, -0.05) is 30.3 Å². The van der Waals surface area contributed by atoms with E-state index in [-0.39, 0.29) is 24.0 Å². The fourth-order valence-electron chi connectivity index (χ4n) is 3.44. The lowest BCUT2D eigenvalue weighted by molar-refractivity contribution is 0.0376. The molecule has 0 amide bonds. The van der Waals surface area contributed by atoms with E-state index in [2.05, 4.69) is 51.5 Å². The summed E-state index contributed by atoms with van der Waals surface area (Å²) in [6, 6.07) is 10.4. The highest BCUT2D eigenvalue weighted by Gasteiger charge is 2.12. The van der Waals surface area contributed by atoms with Crippen LogP contribution < -0.4 is 11.1 Å². The number of guanidine groups is 1. The molecular formula is C21H33IN6O. The second kappa shape index (κ2) is 12.1. The van der Waals surface area contributed by atoms with Crippen molar-refractivity contribution in [2.45, 2.75) is 33.4 Å². The number of nitrogens with two attached hydrogens (primary N) is 1. The average molecular weight is 512 g/mol. The van der Waals surface area contributed by atoms with Gasteiger partial charge in [0.15, 0.2) is 5.96 Å². The number of halogens is 1. The summed E-state index contributed by atoms with van der Waals surface area (Å²) < 4.78 is 7.41. The van der Waals surface area contributed by atoms with Crippen molar-refractivity contribution in [3.8, 4) is 0 Å². The molecule has 1 aromatic carbocycles. The largest absolute Gasteiger partial charge is 0.379 e. The minimum atomic E-state index is 0. The molecular weight excluding hydrogens is 479 g/mol. The lowest BCUT2D eigenvalue weighted by Crippen LogP contribution is -2.39. The van der Waals surface area contributed by atoms with Crippen molar-refractivity contribution in [3.63, 3.8) is 0 Å². The molecule has 2 heterocycles. The maximum Gasteiger partial charge on any atom is 0.188 e. The predicted molar refractivity (Wildman–Crippen MR) is 128 cm³/mol. The quantitative estimate of drug-likeness (QED) is 0.246. The molecule has 1 aliphatic heterocycles. The third-order valence-electron chi connectivity index (χ3n) is 5.17. The number of aromatic nitrogens is 2. The predicted octanol–water partition coefficient (Wildman–Crippen LogP) is 2.29. The Morgan fingerprint density at radius 1 is 1.21 bits per heavy atom. The second-order valence-electron chi connectivity index (χ2n) is 7.23. The lowest BCUT2D eigenvalue weighted by atomic mass is 10.2. The van der Waals surface area contributed by atoms with Gasteiger partial charge in [-0.25, -0.2) is 4.99 Å². The van der Waals surface area contributed by atoms with Crippen molar-refractivity contribution in [3.05, 3.63) is 52.8 Å². The van der Waals surface area contributed by atoms with Crippen LogP contribution in [0.1, 0.15) is 28.9 Å². The highest BCUT2D eigenvalue weighted by Crippen LogP contribution is 2.15. The zero-order valence-corrected chi connectivity index (χ0v) is 19.8. The van der Waals surface area contributed by atoms with Crippen LogP contribution in [0.2, 0.25) is 0 Å². The zero-order valence-electron chi connectivity index (χ0n) is 17.4. The minimum Gasteiger partial charge on any atom is -0.379 e. The third-order valence-corrected chi connectivity index (χ3v) is 5.17. The highest BCUT2D eigenvalue weighted by atomic mass is 127. The van der Waals surface area contributed by atoms with Crippen molar-refractivity contribution in [2.24, 2.45) is 10.7 Å². The van der Waals surface area contributed by atoms with E-state index in [0.29, 0.717) is 12.5 Å². The summed E-state index contributed by atoms with van der Waals surface area (Å²) in [5.41, 5.74) is 10.6. The van der Waals surface area contributed by atoms with Crippen LogP contribution >= 0.6 is 24.0 Å². The van der Waals surface area contributed by atoms with Crippen LogP contribution in [0.5, 0.6) is 0 Å². The molecule has 3 N–H and O–H groups in total. The molecule has 1 aliphatic rings. The molecule has 0 aliphatic carbocycles. The Bertz CT molecular complexity index is 771. The number of rotatable bonds is 8. The van der Waals surface area contributed by atoms with Crippen LogP contribution in [-0.4, -0.2) is 60.0 Å². The summed E-state index contributed by atoms with van der Waals surface area (Å²) in [5, 5.41) is 7.90. The molecule has 0 atom stereocenters. The maximum absolute atomic E-state index is 6.05. The highest BCUT2D eigenvalue weighted by molar-refractivity contribution is 14.0. The SMILES string of the molecule is Cc1nn(Cc2ccccc2)c(C)c1CN=C(N)NCCCN1CCOCC1.I. The zero-order chi connectivity index (χ0) is 19.8. The summed E-state index contributed by atoms with van der Waals surface area (Å²) in [7, 11) is 0. The molecule has 8 heteroatoms. The normalized spacial score (nSPS) is 15.2. The molecule has 1 fully saturated rings. The maximum atomic E-state index is 6.05. The number of ether oxygens (including phenoxy) is 1. The van der Waals surface area contributed by atoms with Gasteiger partial charge in [0.1, 0.15) is 0 Å². The van der Waals surface area contributed by atoms with Crippen LogP contribution in [-0.2, 0) is 17.8 Å². The Hall–Kier alpha value is -1.65. The first-order chi connectivity index (χ1) is 13.6. The standard InChI is InChI=1S/C21H32N6O.HI/c1-17-20(18(2)27(25-17)16-19-7-4-3-5-8-19)15-24-21(22)23-9-6-10-26-11-13-28-14-12-26;/h3-5,7-8H,6,9-16H2,1-2H3,(H3,22,23,24);1H. The van der Waals surface area contributed by atoms with E-state index in [1.807, 2.05) is 17.7 Å². The van der Waals surface area contributed by atoms with Gasteiger partial charge in [-0.15, -0.1) is 24.0 Å². The van der Waals surface area contributed by atoms with Crippen LogP contribution in [0, 0.1) is 13.8 Å². The number of benzene rings is 1. The summed E-state index contributed by atoms with van der Waals surface area (Å²) in [4.78, 5) is 6.94. The first-order valence-electron chi connectivity index (χ1n) is 10.0. The molecule has 2 aromatic rings. The van der Waals surface area contributed by atoms with Crippen molar-refractivity contribution >= 4 is 29.9 Å². The van der Waals surface area contributed by atoms with Crippen LogP contribution in [0.15, 0.2) is 35.3 Å². The molecule has 0 unspecified atom stereocenters. The van der Waals surface area contributed by atoms with Crippen molar-refractivity contribution in [1.29, 1.82) is 0 Å². The molecule has 0 radical (unpaired) electrons. The van der Waals surface area contributed by atoms with E-state index < -0.39 is 0 Å². The summed E-state index contributed by atoms with van der Waals surface area (Å²) >= 11 is 0. The van der Waals surface area contributed by atoms with Crippen molar-refractivity contribution in [1.82, 2.24) is 20.0 Å². The topological polar surface area (TPSA) is 80.7 Å². The van der Waals surface area contributed by atoms with Gasteiger partial charge in [-0.2, -0.15) is 5.10 Å². The van der Waals surface area contributed by atoms with Gasteiger partial charge in [0.25, 0.3) is 0 Å². The number of aryl methyl sites for hydroxylation is 1. The third kappa shape index (κ3) is 7.27. The molecule has 0 saturated carbocycles. The Balaban J connectivity index is 0.00000300. The summed E-state index contributed by atoms with van der Waals surface area (Å²) in [6.07, 6.45) is 1.04. The monoisotopic (exact) mass is 512 g/mol.